The lowest BCUT2D eigenvalue weighted by molar-refractivity contribution is -0.233. The largest absolute Gasteiger partial charge is 0.458 e. The lowest BCUT2D eigenvalue weighted by Crippen LogP contribution is -2.67. The van der Waals surface area contributed by atoms with Crippen LogP contribution >= 0.6 is 0 Å². The quantitative estimate of drug-likeness (QED) is 0.237. The SMILES string of the molecule is C=C(C)[C@@H]1CC[C@]2(C(=O)N[C@H](C(=O)OC(C)(C)C)[C@H](C)CC)CC[C@]3(C)[C@H](CC[C@@H]4[C@@]5(C)CCC(=O)C(C)(C)[C@@H]5CC[C@]43C)[C@H]12. The monoisotopic (exact) mass is 623 g/mol. The van der Waals surface area contributed by atoms with Gasteiger partial charge in [0.05, 0.1) is 5.41 Å². The second kappa shape index (κ2) is 11.2. The molecule has 0 spiro atoms. The van der Waals surface area contributed by atoms with E-state index < -0.39 is 17.1 Å². The maximum Gasteiger partial charge on any atom is 0.329 e. The van der Waals surface area contributed by atoms with E-state index in [0.717, 1.165) is 51.4 Å². The van der Waals surface area contributed by atoms with E-state index >= 15 is 0 Å². The van der Waals surface area contributed by atoms with Gasteiger partial charge in [-0.15, -0.1) is 0 Å². The molecule has 0 saturated heterocycles. The summed E-state index contributed by atoms with van der Waals surface area (Å²) in [6.07, 6.45) is 10.9. The van der Waals surface area contributed by atoms with Crippen molar-refractivity contribution in [3.05, 3.63) is 12.2 Å². The lowest BCUT2D eigenvalue weighted by Gasteiger charge is -2.72. The summed E-state index contributed by atoms with van der Waals surface area (Å²) in [5.41, 5.74) is 0.323. The van der Waals surface area contributed by atoms with E-state index in [2.05, 4.69) is 60.4 Å². The average Bonchev–Trinajstić information content (AvgIpc) is 3.34. The summed E-state index contributed by atoms with van der Waals surface area (Å²) in [4.78, 5) is 41.4. The number of hydrogen-bond donors (Lipinski definition) is 1. The van der Waals surface area contributed by atoms with Crippen LogP contribution in [0.25, 0.3) is 0 Å². The smallest absolute Gasteiger partial charge is 0.329 e. The topological polar surface area (TPSA) is 72.5 Å². The minimum absolute atomic E-state index is 0.0113. The van der Waals surface area contributed by atoms with Gasteiger partial charge in [-0.05, 0) is 137 Å². The van der Waals surface area contributed by atoms with Crippen molar-refractivity contribution in [3.8, 4) is 0 Å². The Balaban J connectivity index is 1.50. The fourth-order valence-corrected chi connectivity index (χ4v) is 12.7. The number of carbonyl (C=O) groups excluding carboxylic acids is 3. The van der Waals surface area contributed by atoms with Crippen LogP contribution in [0.2, 0.25) is 0 Å². The number of Topliss-reactive ketones (excluding diaryl/α,β-unsaturated/α-hetero) is 1. The van der Waals surface area contributed by atoms with Gasteiger partial charge in [-0.3, -0.25) is 9.59 Å². The van der Waals surface area contributed by atoms with E-state index in [9.17, 15) is 14.4 Å². The Morgan fingerprint density at radius 3 is 2.20 bits per heavy atom. The molecule has 5 nitrogen and oxygen atoms in total. The predicted octanol–water partition coefficient (Wildman–Crippen LogP) is 9.09. The number of carbonyl (C=O) groups is 3. The van der Waals surface area contributed by atoms with E-state index in [1.807, 2.05) is 27.7 Å². The molecule has 11 atom stereocenters. The van der Waals surface area contributed by atoms with E-state index in [0.29, 0.717) is 35.9 Å². The summed E-state index contributed by atoms with van der Waals surface area (Å²) in [5, 5.41) is 3.34. The van der Waals surface area contributed by atoms with Gasteiger partial charge in [0.25, 0.3) is 0 Å². The van der Waals surface area contributed by atoms with E-state index in [4.69, 9.17) is 4.74 Å². The molecule has 45 heavy (non-hydrogen) atoms. The summed E-state index contributed by atoms with van der Waals surface area (Å²) >= 11 is 0. The van der Waals surface area contributed by atoms with Crippen molar-refractivity contribution in [3.63, 3.8) is 0 Å². The normalized spacial score (nSPS) is 43.5. The molecule has 0 heterocycles. The second-order valence-electron chi connectivity index (χ2n) is 18.9. The molecular weight excluding hydrogens is 558 g/mol. The molecule has 5 fully saturated rings. The van der Waals surface area contributed by atoms with Gasteiger partial charge in [-0.25, -0.2) is 4.79 Å². The fourth-order valence-electron chi connectivity index (χ4n) is 12.7. The number of hydrogen-bond acceptors (Lipinski definition) is 4. The number of allylic oxidation sites excluding steroid dienone is 1. The number of ether oxygens (including phenoxy) is 1. The first-order valence-corrected chi connectivity index (χ1v) is 18.4. The van der Waals surface area contributed by atoms with Crippen molar-refractivity contribution in [1.82, 2.24) is 5.32 Å². The number of rotatable bonds is 6. The third-order valence-electron chi connectivity index (χ3n) is 15.4. The number of esters is 1. The number of amides is 1. The molecule has 5 saturated carbocycles. The molecule has 0 aliphatic heterocycles. The van der Waals surface area contributed by atoms with Crippen LogP contribution in [0.15, 0.2) is 12.2 Å². The molecule has 1 amide bonds. The third-order valence-corrected chi connectivity index (χ3v) is 15.4. The molecule has 5 aliphatic rings. The zero-order valence-corrected chi connectivity index (χ0v) is 30.7. The lowest BCUT2D eigenvalue weighted by atomic mass is 9.32. The highest BCUT2D eigenvalue weighted by Crippen LogP contribution is 2.77. The molecule has 5 aliphatic carbocycles. The van der Waals surface area contributed by atoms with E-state index in [-0.39, 0.29) is 45.4 Å². The van der Waals surface area contributed by atoms with Gasteiger partial charge < -0.3 is 10.1 Å². The van der Waals surface area contributed by atoms with Crippen molar-refractivity contribution < 1.29 is 19.1 Å². The summed E-state index contributed by atoms with van der Waals surface area (Å²) in [6.45, 7) is 28.6. The van der Waals surface area contributed by atoms with E-state index in [1.165, 1.54) is 18.4 Å². The highest BCUT2D eigenvalue weighted by atomic mass is 16.6. The second-order valence-corrected chi connectivity index (χ2v) is 18.9. The van der Waals surface area contributed by atoms with Gasteiger partial charge >= 0.3 is 5.97 Å². The van der Waals surface area contributed by atoms with Crippen LogP contribution in [-0.2, 0) is 19.1 Å². The average molecular weight is 624 g/mol. The van der Waals surface area contributed by atoms with Crippen LogP contribution < -0.4 is 5.32 Å². The standard InChI is InChI=1S/C40H65NO4/c1-13-25(4)32(33(43)45-35(5,6)7)41-34(44)40-21-16-26(24(2)3)31(40)27-14-15-29-37(10)19-18-30(42)36(8,9)28(37)17-20-39(29,12)38(27,11)22-23-40/h25-29,31-32H,2,13-23H2,1,3-12H3,(H,41,44)/t25-,26+,27-,28+,29-,31+,32+,37+,38-,39-,40+/m1/s1. The van der Waals surface area contributed by atoms with Crippen LogP contribution in [0.5, 0.6) is 0 Å². The highest BCUT2D eigenvalue weighted by Gasteiger charge is 2.72. The van der Waals surface area contributed by atoms with Gasteiger partial charge in [-0.2, -0.15) is 0 Å². The van der Waals surface area contributed by atoms with Gasteiger partial charge in [0.1, 0.15) is 17.4 Å². The Labute approximate surface area is 274 Å². The van der Waals surface area contributed by atoms with Crippen molar-refractivity contribution in [2.75, 3.05) is 0 Å². The minimum atomic E-state index is -0.644. The van der Waals surface area contributed by atoms with Gasteiger partial charge in [0.2, 0.25) is 5.91 Å². The first-order chi connectivity index (χ1) is 20.7. The summed E-state index contributed by atoms with van der Waals surface area (Å²) < 4.78 is 5.84. The molecule has 1 N–H and O–H groups in total. The first kappa shape index (κ1) is 34.7. The zero-order valence-electron chi connectivity index (χ0n) is 30.7. The maximum absolute atomic E-state index is 14.8. The van der Waals surface area contributed by atoms with Crippen molar-refractivity contribution in [2.24, 2.45) is 62.6 Å². The highest BCUT2D eigenvalue weighted by molar-refractivity contribution is 5.89. The Kier molecular flexibility index (Phi) is 8.64. The van der Waals surface area contributed by atoms with Crippen molar-refractivity contribution in [1.29, 1.82) is 0 Å². The van der Waals surface area contributed by atoms with Crippen LogP contribution in [-0.4, -0.2) is 29.3 Å². The van der Waals surface area contributed by atoms with Gasteiger partial charge in [0.15, 0.2) is 0 Å². The van der Waals surface area contributed by atoms with Crippen molar-refractivity contribution >= 4 is 17.7 Å². The first-order valence-electron chi connectivity index (χ1n) is 18.4. The van der Waals surface area contributed by atoms with Crippen LogP contribution in [0.1, 0.15) is 147 Å². The predicted molar refractivity (Wildman–Crippen MR) is 181 cm³/mol. The summed E-state index contributed by atoms with van der Waals surface area (Å²) in [5.74, 6) is 2.22. The third kappa shape index (κ3) is 5.09. The molecule has 0 unspecified atom stereocenters. The molecule has 0 aromatic carbocycles. The summed E-state index contributed by atoms with van der Waals surface area (Å²) in [7, 11) is 0. The molecule has 0 aromatic heterocycles. The molecule has 254 valence electrons. The van der Waals surface area contributed by atoms with Crippen LogP contribution in [0.3, 0.4) is 0 Å². The Bertz CT molecular complexity index is 1230. The molecular formula is C40H65NO4. The minimum Gasteiger partial charge on any atom is -0.458 e. The van der Waals surface area contributed by atoms with Crippen molar-refractivity contribution in [2.45, 2.75) is 158 Å². The molecule has 5 heteroatoms. The van der Waals surface area contributed by atoms with Gasteiger partial charge in [0, 0.05) is 11.8 Å². The summed E-state index contributed by atoms with van der Waals surface area (Å²) in [6, 6.07) is -0.644. The fraction of sp³-hybridized carbons (Fsp3) is 0.875. The van der Waals surface area contributed by atoms with E-state index in [1.54, 1.807) is 0 Å². The Morgan fingerprint density at radius 2 is 1.60 bits per heavy atom. The number of ketones is 1. The molecule has 0 aromatic rings. The number of fused-ring (bicyclic) bond motifs is 7. The zero-order chi connectivity index (χ0) is 33.5. The number of nitrogens with one attached hydrogen (secondary N) is 1. The van der Waals surface area contributed by atoms with Crippen LogP contribution in [0, 0.1) is 62.6 Å². The Hall–Kier alpha value is -1.65. The Morgan fingerprint density at radius 1 is 0.933 bits per heavy atom. The molecule has 0 radical (unpaired) electrons. The maximum atomic E-state index is 14.8. The van der Waals surface area contributed by atoms with Gasteiger partial charge in [-0.1, -0.05) is 67.0 Å². The molecule has 5 rings (SSSR count). The molecule has 0 bridgehead atoms. The van der Waals surface area contributed by atoms with Crippen LogP contribution in [0.4, 0.5) is 0 Å².